The maximum Gasteiger partial charge on any atom is 0.251 e. The molecule has 166 valence electrons. The predicted molar refractivity (Wildman–Crippen MR) is 126 cm³/mol. The van der Waals surface area contributed by atoms with Gasteiger partial charge >= 0.3 is 0 Å². The molecule has 0 atom stereocenters. The monoisotopic (exact) mass is 450 g/mol. The van der Waals surface area contributed by atoms with Crippen molar-refractivity contribution in [3.05, 3.63) is 101 Å². The maximum absolute atomic E-state index is 12.5. The number of nitrogens with one attached hydrogen (secondary N) is 2. The number of sulfone groups is 1. The van der Waals surface area contributed by atoms with Crippen molar-refractivity contribution in [1.82, 2.24) is 5.32 Å². The van der Waals surface area contributed by atoms with Crippen LogP contribution in [0.1, 0.15) is 32.6 Å². The molecule has 3 aromatic carbocycles. The number of aryl methyl sites for hydroxylation is 2. The number of rotatable bonds is 8. The first kappa shape index (κ1) is 23.2. The molecule has 3 aromatic rings. The van der Waals surface area contributed by atoms with Gasteiger partial charge in [-0.25, -0.2) is 8.42 Å². The predicted octanol–water partition coefficient (Wildman–Crippen LogP) is 3.79. The van der Waals surface area contributed by atoms with Crippen LogP contribution in [0.15, 0.2) is 72.8 Å². The molecule has 0 aromatic heterocycles. The van der Waals surface area contributed by atoms with Crippen LogP contribution in [0.25, 0.3) is 0 Å². The van der Waals surface area contributed by atoms with Crippen LogP contribution in [-0.4, -0.2) is 26.0 Å². The number of hydrogen-bond donors (Lipinski definition) is 2. The maximum atomic E-state index is 12.5. The Morgan fingerprint density at radius 3 is 2.09 bits per heavy atom. The van der Waals surface area contributed by atoms with Crippen molar-refractivity contribution < 1.29 is 18.0 Å². The Labute approximate surface area is 188 Å². The fourth-order valence-electron chi connectivity index (χ4n) is 3.13. The van der Waals surface area contributed by atoms with Crippen molar-refractivity contribution >= 4 is 27.3 Å². The van der Waals surface area contributed by atoms with Gasteiger partial charge in [-0.3, -0.25) is 9.59 Å². The summed E-state index contributed by atoms with van der Waals surface area (Å²) in [4.78, 5) is 24.6. The Morgan fingerprint density at radius 2 is 1.44 bits per heavy atom. The highest BCUT2D eigenvalue weighted by Gasteiger charge is 2.18. The van der Waals surface area contributed by atoms with E-state index in [9.17, 15) is 18.0 Å². The van der Waals surface area contributed by atoms with Crippen molar-refractivity contribution in [2.24, 2.45) is 0 Å². The standard InChI is InChI=1S/C25H26N2O4S/c1-18-6-10-20(11-7-18)15-26-25(29)22-5-3-4-21(14-22)16-32(30,31)17-24(28)27-23-12-8-19(2)9-13-23/h3-14H,15-17H2,1-2H3,(H,26,29)(H,27,28). The van der Waals surface area contributed by atoms with Gasteiger partial charge in [0.1, 0.15) is 5.75 Å². The summed E-state index contributed by atoms with van der Waals surface area (Å²) in [5.74, 6) is -1.85. The Bertz CT molecular complexity index is 1200. The van der Waals surface area contributed by atoms with Crippen molar-refractivity contribution in [3.63, 3.8) is 0 Å². The van der Waals surface area contributed by atoms with Crippen molar-refractivity contribution in [2.75, 3.05) is 11.1 Å². The van der Waals surface area contributed by atoms with Crippen LogP contribution in [0.5, 0.6) is 0 Å². The zero-order valence-electron chi connectivity index (χ0n) is 18.1. The van der Waals surface area contributed by atoms with Gasteiger partial charge in [0.15, 0.2) is 9.84 Å². The summed E-state index contributed by atoms with van der Waals surface area (Å²) in [6.07, 6.45) is 0. The minimum Gasteiger partial charge on any atom is -0.348 e. The number of carbonyl (C=O) groups is 2. The fraction of sp³-hybridized carbons (Fsp3) is 0.200. The van der Waals surface area contributed by atoms with Gasteiger partial charge in [-0.15, -0.1) is 0 Å². The molecule has 0 aliphatic carbocycles. The molecular formula is C25H26N2O4S. The minimum absolute atomic E-state index is 0.290. The lowest BCUT2D eigenvalue weighted by molar-refractivity contribution is -0.113. The molecule has 6 nitrogen and oxygen atoms in total. The molecule has 0 fully saturated rings. The SMILES string of the molecule is Cc1ccc(CNC(=O)c2cccc(CS(=O)(=O)CC(=O)Nc3ccc(C)cc3)c2)cc1. The van der Waals surface area contributed by atoms with E-state index >= 15 is 0 Å². The third kappa shape index (κ3) is 7.06. The number of anilines is 1. The molecule has 0 bridgehead atoms. The van der Waals surface area contributed by atoms with Gasteiger partial charge in [0, 0.05) is 17.8 Å². The summed E-state index contributed by atoms with van der Waals surface area (Å²) < 4.78 is 25.0. The summed E-state index contributed by atoms with van der Waals surface area (Å²) >= 11 is 0. The van der Waals surface area contributed by atoms with Crippen LogP contribution in [0, 0.1) is 13.8 Å². The van der Waals surface area contributed by atoms with Crippen molar-refractivity contribution in [1.29, 1.82) is 0 Å². The van der Waals surface area contributed by atoms with E-state index in [1.54, 1.807) is 36.4 Å². The average Bonchev–Trinajstić information content (AvgIpc) is 2.74. The highest BCUT2D eigenvalue weighted by atomic mass is 32.2. The molecule has 2 N–H and O–H groups in total. The number of carbonyl (C=O) groups excluding carboxylic acids is 2. The van der Waals surface area contributed by atoms with Crippen LogP contribution >= 0.6 is 0 Å². The molecule has 0 aliphatic heterocycles. The summed E-state index contributed by atoms with van der Waals surface area (Å²) in [6.45, 7) is 4.29. The smallest absolute Gasteiger partial charge is 0.251 e. The lowest BCUT2D eigenvalue weighted by Crippen LogP contribution is -2.24. The molecule has 0 aliphatic rings. The van der Waals surface area contributed by atoms with E-state index < -0.39 is 21.5 Å². The highest BCUT2D eigenvalue weighted by molar-refractivity contribution is 7.91. The normalized spacial score (nSPS) is 11.1. The molecule has 0 radical (unpaired) electrons. The summed E-state index contributed by atoms with van der Waals surface area (Å²) in [6, 6.07) is 21.4. The topological polar surface area (TPSA) is 92.3 Å². The summed E-state index contributed by atoms with van der Waals surface area (Å²) in [7, 11) is -3.71. The summed E-state index contributed by atoms with van der Waals surface area (Å²) in [5.41, 5.74) is 4.52. The van der Waals surface area contributed by atoms with Crippen LogP contribution in [0.2, 0.25) is 0 Å². The van der Waals surface area contributed by atoms with Crippen LogP contribution in [0.4, 0.5) is 5.69 Å². The molecule has 2 amide bonds. The Kier molecular flexibility index (Phi) is 7.43. The van der Waals surface area contributed by atoms with E-state index in [0.29, 0.717) is 23.4 Å². The van der Waals surface area contributed by atoms with Crippen molar-refractivity contribution in [2.45, 2.75) is 26.1 Å². The van der Waals surface area contributed by atoms with E-state index in [2.05, 4.69) is 10.6 Å². The molecule has 0 spiro atoms. The first-order chi connectivity index (χ1) is 15.2. The van der Waals surface area contributed by atoms with Gasteiger partial charge < -0.3 is 10.6 Å². The van der Waals surface area contributed by atoms with E-state index in [0.717, 1.165) is 16.7 Å². The first-order valence-electron chi connectivity index (χ1n) is 10.2. The second-order valence-electron chi connectivity index (χ2n) is 7.82. The fourth-order valence-corrected chi connectivity index (χ4v) is 4.39. The second kappa shape index (κ2) is 10.2. The molecule has 7 heteroatoms. The largest absolute Gasteiger partial charge is 0.348 e. The van der Waals surface area contributed by atoms with E-state index in [1.807, 2.05) is 50.2 Å². The summed E-state index contributed by atoms with van der Waals surface area (Å²) in [5, 5.41) is 5.43. The van der Waals surface area contributed by atoms with E-state index in [1.165, 1.54) is 0 Å². The van der Waals surface area contributed by atoms with Gasteiger partial charge in [-0.1, -0.05) is 59.7 Å². The average molecular weight is 451 g/mol. The lowest BCUT2D eigenvalue weighted by atomic mass is 10.1. The Hall–Kier alpha value is -3.45. The molecule has 0 saturated carbocycles. The van der Waals surface area contributed by atoms with Crippen LogP contribution < -0.4 is 10.6 Å². The van der Waals surface area contributed by atoms with Gasteiger partial charge in [0.05, 0.1) is 5.75 Å². The third-order valence-electron chi connectivity index (χ3n) is 4.84. The molecule has 0 unspecified atom stereocenters. The first-order valence-corrected chi connectivity index (χ1v) is 12.0. The number of benzene rings is 3. The highest BCUT2D eigenvalue weighted by Crippen LogP contribution is 2.13. The van der Waals surface area contributed by atoms with Crippen LogP contribution in [0.3, 0.4) is 0 Å². The van der Waals surface area contributed by atoms with Gasteiger partial charge in [0.2, 0.25) is 5.91 Å². The zero-order valence-corrected chi connectivity index (χ0v) is 18.9. The minimum atomic E-state index is -3.71. The molecule has 0 saturated heterocycles. The van der Waals surface area contributed by atoms with E-state index in [4.69, 9.17) is 0 Å². The van der Waals surface area contributed by atoms with Gasteiger partial charge in [-0.05, 0) is 49.2 Å². The molecule has 0 heterocycles. The lowest BCUT2D eigenvalue weighted by Gasteiger charge is -2.09. The van der Waals surface area contributed by atoms with E-state index in [-0.39, 0.29) is 11.7 Å². The Morgan fingerprint density at radius 1 is 0.812 bits per heavy atom. The second-order valence-corrected chi connectivity index (χ2v) is 9.88. The molecular weight excluding hydrogens is 424 g/mol. The van der Waals surface area contributed by atoms with Gasteiger partial charge in [0.25, 0.3) is 5.91 Å². The number of amides is 2. The quantitative estimate of drug-likeness (QED) is 0.546. The zero-order chi connectivity index (χ0) is 23.1. The van der Waals surface area contributed by atoms with Gasteiger partial charge in [-0.2, -0.15) is 0 Å². The van der Waals surface area contributed by atoms with Crippen molar-refractivity contribution in [3.8, 4) is 0 Å². The Balaban J connectivity index is 1.58. The molecule has 3 rings (SSSR count). The third-order valence-corrected chi connectivity index (χ3v) is 6.31. The van der Waals surface area contributed by atoms with Crippen LogP contribution in [-0.2, 0) is 26.9 Å². The number of hydrogen-bond acceptors (Lipinski definition) is 4. The molecule has 32 heavy (non-hydrogen) atoms.